The van der Waals surface area contributed by atoms with Crippen molar-refractivity contribution >= 4 is 34.8 Å². The van der Waals surface area contributed by atoms with Crippen LogP contribution >= 0.6 is 23.2 Å². The van der Waals surface area contributed by atoms with E-state index in [1.165, 1.54) is 6.92 Å². The second kappa shape index (κ2) is 9.47. The average molecular weight is 466 g/mol. The van der Waals surface area contributed by atoms with Gasteiger partial charge in [-0.25, -0.2) is 0 Å². The monoisotopic (exact) mass is 465 g/mol. The molecule has 30 heavy (non-hydrogen) atoms. The summed E-state index contributed by atoms with van der Waals surface area (Å²) in [6.07, 6.45) is -3.32. The molecule has 5 nitrogen and oxygen atoms in total. The Morgan fingerprint density at radius 3 is 2.47 bits per heavy atom. The van der Waals surface area contributed by atoms with Gasteiger partial charge in [0.25, 0.3) is 0 Å². The van der Waals surface area contributed by atoms with Crippen molar-refractivity contribution < 1.29 is 22.7 Å². The lowest BCUT2D eigenvalue weighted by Crippen LogP contribution is -2.44. The molecule has 1 heterocycles. The fraction of sp³-hybridized carbons (Fsp3) is 0.500. The van der Waals surface area contributed by atoms with Crippen LogP contribution in [0.15, 0.2) is 33.9 Å². The van der Waals surface area contributed by atoms with Crippen LogP contribution in [0.2, 0.25) is 5.02 Å². The van der Waals surface area contributed by atoms with Crippen LogP contribution in [0, 0.1) is 0 Å². The standard InChI is InChI=1S/C20H24Cl2F3N3O2/c1-12(17(22)18(26)20(23,24)25)27-11-16(29)28-8-6-19(2,7-9-28)13-4-5-14(21)15(10-13)30-3/h4-5,10H,6-9,11,26H2,1-3H3. The molecular weight excluding hydrogens is 442 g/mol. The normalized spacial score (nSPS) is 18.1. The van der Waals surface area contributed by atoms with E-state index in [9.17, 15) is 18.0 Å². The number of allylic oxidation sites excluding steroid dienone is 2. The van der Waals surface area contributed by atoms with Crippen LogP contribution in [0.1, 0.15) is 32.3 Å². The molecule has 1 saturated heterocycles. The summed E-state index contributed by atoms with van der Waals surface area (Å²) < 4.78 is 43.1. The van der Waals surface area contributed by atoms with Gasteiger partial charge in [-0.05, 0) is 42.9 Å². The molecule has 0 aromatic heterocycles. The van der Waals surface area contributed by atoms with Crippen LogP contribution in [0.25, 0.3) is 0 Å². The Labute approximate surface area is 183 Å². The van der Waals surface area contributed by atoms with E-state index in [-0.39, 0.29) is 23.6 Å². The number of likely N-dealkylation sites (tertiary alicyclic amines) is 1. The summed E-state index contributed by atoms with van der Waals surface area (Å²) in [5, 5.41) is -0.164. The van der Waals surface area contributed by atoms with Crippen LogP contribution in [0.5, 0.6) is 5.75 Å². The first kappa shape index (κ1) is 24.3. The van der Waals surface area contributed by atoms with Crippen LogP contribution in [0.3, 0.4) is 0 Å². The zero-order valence-corrected chi connectivity index (χ0v) is 18.5. The highest BCUT2D eigenvalue weighted by Gasteiger charge is 2.35. The minimum absolute atomic E-state index is 0.130. The van der Waals surface area contributed by atoms with E-state index < -0.39 is 16.9 Å². The molecule has 166 valence electrons. The Morgan fingerprint density at radius 2 is 1.93 bits per heavy atom. The van der Waals surface area contributed by atoms with Gasteiger partial charge in [-0.1, -0.05) is 36.2 Å². The molecule has 1 aromatic carbocycles. The number of nitrogens with zero attached hydrogens (tertiary/aromatic N) is 2. The van der Waals surface area contributed by atoms with Crippen molar-refractivity contribution in [2.24, 2.45) is 10.7 Å². The highest BCUT2D eigenvalue weighted by molar-refractivity contribution is 6.43. The molecule has 0 radical (unpaired) electrons. The lowest BCUT2D eigenvalue weighted by Gasteiger charge is -2.40. The van der Waals surface area contributed by atoms with Gasteiger partial charge in [0.05, 0.1) is 22.9 Å². The van der Waals surface area contributed by atoms with E-state index in [4.69, 9.17) is 33.7 Å². The SMILES string of the molecule is COc1cc(C2(C)CCN(C(=O)CN=C(C)C(Cl)=C(N)C(F)(F)F)CC2)ccc1Cl. The summed E-state index contributed by atoms with van der Waals surface area (Å²) in [7, 11) is 1.56. The van der Waals surface area contributed by atoms with Gasteiger partial charge in [0.2, 0.25) is 5.91 Å². The molecule has 0 spiro atoms. The van der Waals surface area contributed by atoms with Gasteiger partial charge in [-0.2, -0.15) is 13.2 Å². The number of hydrogen-bond acceptors (Lipinski definition) is 4. The Hall–Kier alpha value is -1.93. The predicted molar refractivity (Wildman–Crippen MR) is 112 cm³/mol. The third kappa shape index (κ3) is 5.60. The van der Waals surface area contributed by atoms with Gasteiger partial charge in [0, 0.05) is 13.1 Å². The zero-order chi connectivity index (χ0) is 22.7. The Morgan fingerprint density at radius 1 is 1.33 bits per heavy atom. The van der Waals surface area contributed by atoms with Crippen molar-refractivity contribution in [3.8, 4) is 5.75 Å². The third-order valence-corrected chi connectivity index (χ3v) is 6.17. The van der Waals surface area contributed by atoms with Crippen molar-refractivity contribution in [1.82, 2.24) is 4.90 Å². The number of halogens is 5. The summed E-state index contributed by atoms with van der Waals surface area (Å²) in [4.78, 5) is 18.0. The predicted octanol–water partition coefficient (Wildman–Crippen LogP) is 4.66. The number of carbonyl (C=O) groups is 1. The lowest BCUT2D eigenvalue weighted by atomic mass is 9.74. The number of ether oxygens (including phenoxy) is 1. The molecule has 1 aromatic rings. The second-order valence-electron chi connectivity index (χ2n) is 7.42. The van der Waals surface area contributed by atoms with E-state index >= 15 is 0 Å². The van der Waals surface area contributed by atoms with Crippen molar-refractivity contribution in [2.45, 2.75) is 38.3 Å². The Bertz CT molecular complexity index is 861. The maximum absolute atomic E-state index is 12.6. The second-order valence-corrected chi connectivity index (χ2v) is 8.20. The first-order valence-electron chi connectivity index (χ1n) is 9.24. The van der Waals surface area contributed by atoms with Crippen LogP contribution < -0.4 is 10.5 Å². The van der Waals surface area contributed by atoms with Gasteiger partial charge in [-0.15, -0.1) is 0 Å². The fourth-order valence-corrected chi connectivity index (χ4v) is 3.61. The lowest BCUT2D eigenvalue weighted by molar-refractivity contribution is -0.131. The zero-order valence-electron chi connectivity index (χ0n) is 16.9. The van der Waals surface area contributed by atoms with E-state index in [1.54, 1.807) is 18.1 Å². The molecule has 2 rings (SSSR count). The van der Waals surface area contributed by atoms with Gasteiger partial charge < -0.3 is 15.4 Å². The molecule has 1 aliphatic rings. The number of nitrogens with two attached hydrogens (primary N) is 1. The van der Waals surface area contributed by atoms with Crippen molar-refractivity contribution in [3.05, 3.63) is 39.5 Å². The molecule has 0 unspecified atom stereocenters. The Kier molecular flexibility index (Phi) is 7.69. The van der Waals surface area contributed by atoms with E-state index in [1.807, 2.05) is 12.1 Å². The number of hydrogen-bond donors (Lipinski definition) is 1. The van der Waals surface area contributed by atoms with Crippen LogP contribution in [-0.4, -0.2) is 49.4 Å². The number of piperidine rings is 1. The van der Waals surface area contributed by atoms with E-state index in [2.05, 4.69) is 11.9 Å². The molecule has 0 bridgehead atoms. The van der Waals surface area contributed by atoms with Gasteiger partial charge in [0.1, 0.15) is 18.0 Å². The average Bonchev–Trinajstić information content (AvgIpc) is 2.70. The first-order valence-corrected chi connectivity index (χ1v) is 10.0. The van der Waals surface area contributed by atoms with E-state index in [0.29, 0.717) is 36.7 Å². The summed E-state index contributed by atoms with van der Waals surface area (Å²) in [5.74, 6) is 0.321. The largest absolute Gasteiger partial charge is 0.495 e. The summed E-state index contributed by atoms with van der Waals surface area (Å²) in [5.41, 5.74) is 4.35. The minimum atomic E-state index is -4.75. The maximum atomic E-state index is 12.6. The number of benzene rings is 1. The van der Waals surface area contributed by atoms with Crippen molar-refractivity contribution in [1.29, 1.82) is 0 Å². The first-order chi connectivity index (χ1) is 13.9. The molecular formula is C20H24Cl2F3N3O2. The van der Waals surface area contributed by atoms with Crippen LogP contribution in [-0.2, 0) is 10.2 Å². The molecule has 0 aliphatic carbocycles. The molecule has 1 aliphatic heterocycles. The fourth-order valence-electron chi connectivity index (χ4n) is 3.25. The quantitative estimate of drug-likeness (QED) is 0.642. The summed E-state index contributed by atoms with van der Waals surface area (Å²) in [6, 6.07) is 5.65. The maximum Gasteiger partial charge on any atom is 0.432 e. The Balaban J connectivity index is 2.02. The van der Waals surface area contributed by atoms with Crippen LogP contribution in [0.4, 0.5) is 13.2 Å². The molecule has 2 N–H and O–H groups in total. The van der Waals surface area contributed by atoms with Gasteiger partial charge in [-0.3, -0.25) is 9.79 Å². The minimum Gasteiger partial charge on any atom is -0.495 e. The number of amides is 1. The summed E-state index contributed by atoms with van der Waals surface area (Å²) >= 11 is 11.7. The molecule has 0 atom stereocenters. The molecule has 0 saturated carbocycles. The number of alkyl halides is 3. The molecule has 1 fully saturated rings. The number of carbonyl (C=O) groups excluding carboxylic acids is 1. The highest BCUT2D eigenvalue weighted by atomic mass is 35.5. The smallest absolute Gasteiger partial charge is 0.432 e. The van der Waals surface area contributed by atoms with Crippen molar-refractivity contribution in [3.63, 3.8) is 0 Å². The third-order valence-electron chi connectivity index (χ3n) is 5.38. The topological polar surface area (TPSA) is 67.9 Å². The number of aliphatic imine (C=N–C) groups is 1. The number of methoxy groups -OCH3 is 1. The van der Waals surface area contributed by atoms with Gasteiger partial charge >= 0.3 is 6.18 Å². The summed E-state index contributed by atoms with van der Waals surface area (Å²) in [6.45, 7) is 4.12. The molecule has 10 heteroatoms. The van der Waals surface area contributed by atoms with E-state index in [0.717, 1.165) is 5.56 Å². The van der Waals surface area contributed by atoms with Crippen molar-refractivity contribution in [2.75, 3.05) is 26.7 Å². The number of rotatable bonds is 5. The highest BCUT2D eigenvalue weighted by Crippen LogP contribution is 2.38. The van der Waals surface area contributed by atoms with Gasteiger partial charge in [0.15, 0.2) is 0 Å². The molecule has 1 amide bonds.